The van der Waals surface area contributed by atoms with E-state index in [-0.39, 0.29) is 18.1 Å². The summed E-state index contributed by atoms with van der Waals surface area (Å²) in [7, 11) is 0. The fraction of sp³-hybridized carbons (Fsp3) is 0.250. The molecule has 1 aliphatic rings. The molecule has 0 bridgehead atoms. The lowest BCUT2D eigenvalue weighted by atomic mass is 9.98. The molecule has 1 unspecified atom stereocenters. The van der Waals surface area contributed by atoms with Crippen LogP contribution in [0.4, 0.5) is 4.39 Å². The van der Waals surface area contributed by atoms with Crippen molar-refractivity contribution in [3.63, 3.8) is 0 Å². The maximum Gasteiger partial charge on any atom is 0.251 e. The summed E-state index contributed by atoms with van der Waals surface area (Å²) in [6.45, 7) is 1.08. The van der Waals surface area contributed by atoms with Crippen molar-refractivity contribution >= 4 is 26.8 Å². The highest BCUT2D eigenvalue weighted by atomic mass is 79.9. The van der Waals surface area contributed by atoms with Crippen molar-refractivity contribution in [3.8, 4) is 11.1 Å². The molecule has 0 saturated carbocycles. The molecule has 4 aromatic rings. The molecule has 32 heavy (non-hydrogen) atoms. The maximum absolute atomic E-state index is 13.9. The van der Waals surface area contributed by atoms with Gasteiger partial charge < -0.3 is 14.4 Å². The first-order chi connectivity index (χ1) is 15.5. The Kier molecular flexibility index (Phi) is 5.67. The summed E-state index contributed by atoms with van der Waals surface area (Å²) >= 11 is 3.27. The fourth-order valence-electron chi connectivity index (χ4n) is 4.32. The molecule has 0 radical (unpaired) electrons. The fourth-order valence-corrected chi connectivity index (χ4v) is 4.81. The summed E-state index contributed by atoms with van der Waals surface area (Å²) in [5.74, 6) is -0.169. The lowest BCUT2D eigenvalue weighted by molar-refractivity contribution is 0.193. The van der Waals surface area contributed by atoms with Crippen molar-refractivity contribution in [2.45, 2.75) is 18.4 Å². The molecule has 0 amide bonds. The minimum atomic E-state index is -0.686. The van der Waals surface area contributed by atoms with Crippen LogP contribution in [0.2, 0.25) is 0 Å². The Labute approximate surface area is 191 Å². The molecular formula is C24H21BrFN3O3. The molecule has 6 nitrogen and oxygen atoms in total. The Bertz CT molecular complexity index is 1320. The smallest absolute Gasteiger partial charge is 0.251 e. The van der Waals surface area contributed by atoms with Gasteiger partial charge in [-0.05, 0) is 59.5 Å². The number of H-pyrrole nitrogens is 1. The molecule has 8 heteroatoms. The van der Waals surface area contributed by atoms with Gasteiger partial charge in [0.05, 0.1) is 30.5 Å². The van der Waals surface area contributed by atoms with Crippen LogP contribution in [0.3, 0.4) is 0 Å². The maximum atomic E-state index is 13.9. The van der Waals surface area contributed by atoms with E-state index in [1.54, 1.807) is 12.3 Å². The highest BCUT2D eigenvalue weighted by Gasteiger charge is 2.23. The van der Waals surface area contributed by atoms with E-state index in [2.05, 4.69) is 26.1 Å². The Balaban J connectivity index is 1.52. The van der Waals surface area contributed by atoms with Crippen LogP contribution < -0.4 is 5.56 Å². The number of halogens is 2. The van der Waals surface area contributed by atoms with E-state index in [1.807, 2.05) is 24.3 Å². The number of nitrogens with zero attached hydrogens (tertiary/aromatic N) is 2. The zero-order valence-electron chi connectivity index (χ0n) is 17.1. The first-order valence-electron chi connectivity index (χ1n) is 10.4. The van der Waals surface area contributed by atoms with Crippen LogP contribution in [0.1, 0.15) is 29.6 Å². The molecule has 2 aromatic carbocycles. The van der Waals surface area contributed by atoms with Gasteiger partial charge in [-0.3, -0.25) is 9.89 Å². The number of pyridine rings is 1. The number of aromatic amines is 1. The van der Waals surface area contributed by atoms with Crippen molar-refractivity contribution in [2.24, 2.45) is 0 Å². The normalized spacial score (nSPS) is 17.2. The lowest BCUT2D eigenvalue weighted by Gasteiger charge is -2.19. The molecule has 3 heterocycles. The molecule has 2 aromatic heterocycles. The van der Waals surface area contributed by atoms with Crippen molar-refractivity contribution in [3.05, 3.63) is 86.6 Å². The summed E-state index contributed by atoms with van der Waals surface area (Å²) in [6.07, 6.45) is 2.58. The predicted octanol–water partition coefficient (Wildman–Crippen LogP) is 4.38. The van der Waals surface area contributed by atoms with E-state index < -0.39 is 11.9 Å². The predicted molar refractivity (Wildman–Crippen MR) is 123 cm³/mol. The third-order valence-corrected chi connectivity index (χ3v) is 6.43. The third kappa shape index (κ3) is 3.90. The number of nitrogens with one attached hydrogen (secondary N) is 1. The second kappa shape index (κ2) is 8.61. The zero-order valence-corrected chi connectivity index (χ0v) is 18.7. The third-order valence-electron chi connectivity index (χ3n) is 5.97. The van der Waals surface area contributed by atoms with Gasteiger partial charge in [0.2, 0.25) is 0 Å². The highest BCUT2D eigenvalue weighted by molar-refractivity contribution is 9.10. The number of aromatic nitrogens is 3. The number of aliphatic hydroxyl groups is 1. The van der Waals surface area contributed by atoms with Crippen LogP contribution in [-0.4, -0.2) is 39.7 Å². The Morgan fingerprint density at radius 1 is 1.22 bits per heavy atom. The summed E-state index contributed by atoms with van der Waals surface area (Å²) in [5.41, 5.74) is 3.83. The molecule has 5 rings (SSSR count). The molecule has 1 aliphatic heterocycles. The van der Waals surface area contributed by atoms with E-state index in [4.69, 9.17) is 4.74 Å². The van der Waals surface area contributed by atoms with Crippen molar-refractivity contribution in [1.82, 2.24) is 14.8 Å². The summed E-state index contributed by atoms with van der Waals surface area (Å²) in [4.78, 5) is 13.0. The van der Waals surface area contributed by atoms with Crippen LogP contribution in [0.5, 0.6) is 0 Å². The van der Waals surface area contributed by atoms with E-state index in [0.717, 1.165) is 40.8 Å². The molecule has 164 valence electrons. The van der Waals surface area contributed by atoms with Crippen LogP contribution in [-0.2, 0) is 4.74 Å². The second-order valence-electron chi connectivity index (χ2n) is 7.99. The quantitative estimate of drug-likeness (QED) is 0.428. The molecule has 2 atom stereocenters. The summed E-state index contributed by atoms with van der Waals surface area (Å²) < 4.78 is 21.3. The van der Waals surface area contributed by atoms with Gasteiger partial charge in [-0.2, -0.15) is 5.10 Å². The van der Waals surface area contributed by atoms with E-state index in [1.165, 1.54) is 22.8 Å². The molecule has 1 saturated heterocycles. The van der Waals surface area contributed by atoms with E-state index >= 15 is 0 Å². The average Bonchev–Trinajstić information content (AvgIpc) is 3.43. The van der Waals surface area contributed by atoms with Crippen molar-refractivity contribution < 1.29 is 14.2 Å². The Morgan fingerprint density at radius 3 is 2.78 bits per heavy atom. The first kappa shape index (κ1) is 21.1. The number of aliphatic hydroxyl groups excluding tert-OH is 1. The lowest BCUT2D eigenvalue weighted by Crippen LogP contribution is -2.27. The van der Waals surface area contributed by atoms with Crippen molar-refractivity contribution in [2.75, 3.05) is 19.8 Å². The Hall–Kier alpha value is -2.81. The number of benzene rings is 2. The number of hydrogen-bond donors (Lipinski definition) is 2. The number of hydrogen-bond acceptors (Lipinski definition) is 4. The number of rotatable bonds is 5. The topological polar surface area (TPSA) is 80.1 Å². The van der Waals surface area contributed by atoms with Gasteiger partial charge in [-0.15, -0.1) is 0 Å². The van der Waals surface area contributed by atoms with E-state index in [0.29, 0.717) is 16.6 Å². The van der Waals surface area contributed by atoms with Crippen LogP contribution in [0.25, 0.3) is 22.0 Å². The molecule has 0 spiro atoms. The van der Waals surface area contributed by atoms with Gasteiger partial charge in [-0.1, -0.05) is 22.0 Å². The highest BCUT2D eigenvalue weighted by Crippen LogP contribution is 2.32. The van der Waals surface area contributed by atoms with Crippen LogP contribution >= 0.6 is 15.9 Å². The summed E-state index contributed by atoms with van der Waals surface area (Å²) in [6, 6.07) is 13.0. The van der Waals surface area contributed by atoms with Crippen LogP contribution in [0.15, 0.2) is 64.0 Å². The van der Waals surface area contributed by atoms with Gasteiger partial charge in [0.15, 0.2) is 0 Å². The Morgan fingerprint density at radius 2 is 2.06 bits per heavy atom. The largest absolute Gasteiger partial charge is 0.394 e. The van der Waals surface area contributed by atoms with Gasteiger partial charge in [0.25, 0.3) is 5.56 Å². The van der Waals surface area contributed by atoms with Gasteiger partial charge >= 0.3 is 0 Å². The monoisotopic (exact) mass is 497 g/mol. The van der Waals surface area contributed by atoms with Gasteiger partial charge in [0, 0.05) is 34.6 Å². The van der Waals surface area contributed by atoms with Crippen molar-refractivity contribution in [1.29, 1.82) is 0 Å². The number of fused-ring (bicyclic) bond motifs is 1. The standard InChI is InChI=1S/C24H21BrFN3O3/c25-18-7-17(8-19(26)11-18)22(12-30)29-5-3-15(10-23(29)31)14-1-2-21-20(9-14)24(28-27-21)16-4-6-32-13-16/h1-3,5,7-11,16,22,30H,4,6,12-13H2,(H,27,28)/t16?,22-/m1/s1. The van der Waals surface area contributed by atoms with Gasteiger partial charge in [-0.25, -0.2) is 4.39 Å². The second-order valence-corrected chi connectivity index (χ2v) is 8.91. The minimum Gasteiger partial charge on any atom is -0.394 e. The molecule has 0 aliphatic carbocycles. The molecule has 2 N–H and O–H groups in total. The zero-order chi connectivity index (χ0) is 22.2. The molecule has 1 fully saturated rings. The first-order valence-corrected chi connectivity index (χ1v) is 11.2. The SMILES string of the molecule is O=c1cc(-c2ccc3[nH]nc(C4CCOC4)c3c2)ccn1[C@H](CO)c1cc(F)cc(Br)c1. The molecular weight excluding hydrogens is 477 g/mol. The van der Waals surface area contributed by atoms with Gasteiger partial charge in [0.1, 0.15) is 5.82 Å². The minimum absolute atomic E-state index is 0.267. The summed E-state index contributed by atoms with van der Waals surface area (Å²) in [5, 5.41) is 18.5. The number of ether oxygens (including phenoxy) is 1. The van der Waals surface area contributed by atoms with E-state index in [9.17, 15) is 14.3 Å². The average molecular weight is 498 g/mol. The van der Waals surface area contributed by atoms with Crippen LogP contribution in [0, 0.1) is 5.82 Å².